The van der Waals surface area contributed by atoms with Crippen molar-refractivity contribution in [3.8, 4) is 0 Å². The molecule has 2 aromatic rings. The van der Waals surface area contributed by atoms with Crippen LogP contribution in [0.4, 0.5) is 11.4 Å². The number of anilines is 2. The standard InChI is InChI=1S/C18H17Cl2N3O2/c19-13-5-3-7-15(17(13)20)21-10-16(24)23-14-6-2-1-4-12(14)18(25)22-11-8-9-11/h1-7,11,21H,8-10H2,(H,22,25)(H,23,24). The van der Waals surface area contributed by atoms with Crippen LogP contribution in [0.2, 0.25) is 10.0 Å². The van der Waals surface area contributed by atoms with Gasteiger partial charge in [-0.3, -0.25) is 9.59 Å². The van der Waals surface area contributed by atoms with Crippen LogP contribution in [0.3, 0.4) is 0 Å². The van der Waals surface area contributed by atoms with E-state index in [1.807, 2.05) is 0 Å². The van der Waals surface area contributed by atoms with Gasteiger partial charge in [-0.2, -0.15) is 0 Å². The first kappa shape index (κ1) is 17.6. The van der Waals surface area contributed by atoms with E-state index in [1.54, 1.807) is 42.5 Å². The molecule has 5 nitrogen and oxygen atoms in total. The van der Waals surface area contributed by atoms with Crippen molar-refractivity contribution in [2.24, 2.45) is 0 Å². The fourth-order valence-corrected chi connectivity index (χ4v) is 2.66. The zero-order valence-electron chi connectivity index (χ0n) is 13.3. The quantitative estimate of drug-likeness (QED) is 0.713. The molecule has 0 atom stereocenters. The molecular weight excluding hydrogens is 361 g/mol. The molecule has 0 aliphatic heterocycles. The van der Waals surface area contributed by atoms with E-state index in [2.05, 4.69) is 16.0 Å². The SMILES string of the molecule is O=C(CNc1cccc(Cl)c1Cl)Nc1ccccc1C(=O)NC1CC1. The van der Waals surface area contributed by atoms with Crippen molar-refractivity contribution in [3.63, 3.8) is 0 Å². The molecule has 1 aliphatic carbocycles. The summed E-state index contributed by atoms with van der Waals surface area (Å²) in [6.07, 6.45) is 2.01. The highest BCUT2D eigenvalue weighted by Gasteiger charge is 2.25. The molecule has 0 radical (unpaired) electrons. The Balaban J connectivity index is 1.63. The van der Waals surface area contributed by atoms with Gasteiger partial charge in [0.25, 0.3) is 5.91 Å². The Bertz CT molecular complexity index is 807. The number of rotatable bonds is 6. The van der Waals surface area contributed by atoms with Crippen LogP contribution < -0.4 is 16.0 Å². The summed E-state index contributed by atoms with van der Waals surface area (Å²) in [7, 11) is 0. The van der Waals surface area contributed by atoms with Gasteiger partial charge < -0.3 is 16.0 Å². The van der Waals surface area contributed by atoms with Crippen LogP contribution in [-0.2, 0) is 4.79 Å². The molecule has 0 spiro atoms. The Morgan fingerprint density at radius 3 is 2.48 bits per heavy atom. The van der Waals surface area contributed by atoms with Gasteiger partial charge in [0.1, 0.15) is 0 Å². The second-order valence-electron chi connectivity index (χ2n) is 5.80. The van der Waals surface area contributed by atoms with Crippen molar-refractivity contribution in [1.29, 1.82) is 0 Å². The molecule has 0 bridgehead atoms. The molecule has 0 saturated heterocycles. The third-order valence-corrected chi connectivity index (χ3v) is 4.57. The number of hydrogen-bond acceptors (Lipinski definition) is 3. The molecule has 3 N–H and O–H groups in total. The molecule has 0 heterocycles. The molecule has 0 aromatic heterocycles. The Kier molecular flexibility index (Phi) is 5.46. The van der Waals surface area contributed by atoms with E-state index in [1.165, 1.54) is 0 Å². The maximum atomic E-state index is 12.2. The van der Waals surface area contributed by atoms with Crippen molar-refractivity contribution >= 4 is 46.4 Å². The van der Waals surface area contributed by atoms with E-state index in [0.717, 1.165) is 12.8 Å². The minimum Gasteiger partial charge on any atom is -0.375 e. The predicted octanol–water partition coefficient (Wildman–Crippen LogP) is 3.94. The summed E-state index contributed by atoms with van der Waals surface area (Å²) in [6.45, 7) is -0.00135. The normalized spacial score (nSPS) is 13.2. The second kappa shape index (κ2) is 7.76. The van der Waals surface area contributed by atoms with Crippen molar-refractivity contribution in [1.82, 2.24) is 5.32 Å². The Morgan fingerprint density at radius 2 is 1.72 bits per heavy atom. The van der Waals surface area contributed by atoms with Crippen LogP contribution in [0, 0.1) is 0 Å². The highest BCUT2D eigenvalue weighted by Crippen LogP contribution is 2.29. The van der Waals surface area contributed by atoms with Crippen LogP contribution in [-0.4, -0.2) is 24.4 Å². The monoisotopic (exact) mass is 377 g/mol. The summed E-state index contributed by atoms with van der Waals surface area (Å²) in [5, 5.41) is 9.38. The van der Waals surface area contributed by atoms with E-state index in [-0.39, 0.29) is 24.4 Å². The highest BCUT2D eigenvalue weighted by molar-refractivity contribution is 6.43. The lowest BCUT2D eigenvalue weighted by atomic mass is 10.1. The van der Waals surface area contributed by atoms with Gasteiger partial charge in [0.05, 0.1) is 33.5 Å². The largest absolute Gasteiger partial charge is 0.375 e. The van der Waals surface area contributed by atoms with Crippen LogP contribution in [0.1, 0.15) is 23.2 Å². The summed E-state index contributed by atoms with van der Waals surface area (Å²) >= 11 is 12.0. The van der Waals surface area contributed by atoms with Gasteiger partial charge >= 0.3 is 0 Å². The lowest BCUT2D eigenvalue weighted by molar-refractivity contribution is -0.114. The summed E-state index contributed by atoms with van der Waals surface area (Å²) in [5.41, 5.74) is 1.50. The van der Waals surface area contributed by atoms with Crippen LogP contribution in [0.5, 0.6) is 0 Å². The smallest absolute Gasteiger partial charge is 0.253 e. The third kappa shape index (κ3) is 4.65. The first-order valence-corrected chi connectivity index (χ1v) is 8.68. The fourth-order valence-electron chi connectivity index (χ4n) is 2.29. The lowest BCUT2D eigenvalue weighted by Crippen LogP contribution is -2.28. The molecule has 7 heteroatoms. The van der Waals surface area contributed by atoms with Crippen LogP contribution in [0.25, 0.3) is 0 Å². The van der Waals surface area contributed by atoms with E-state index < -0.39 is 0 Å². The minimum atomic E-state index is -0.289. The van der Waals surface area contributed by atoms with Crippen molar-refractivity contribution in [2.75, 3.05) is 17.2 Å². The Morgan fingerprint density at radius 1 is 1.00 bits per heavy atom. The van der Waals surface area contributed by atoms with Gasteiger partial charge in [-0.05, 0) is 37.1 Å². The van der Waals surface area contributed by atoms with Gasteiger partial charge in [0.2, 0.25) is 5.91 Å². The van der Waals surface area contributed by atoms with Crippen LogP contribution >= 0.6 is 23.2 Å². The number of amides is 2. The number of halogens is 2. The number of nitrogens with one attached hydrogen (secondary N) is 3. The predicted molar refractivity (Wildman–Crippen MR) is 101 cm³/mol. The van der Waals surface area contributed by atoms with Gasteiger partial charge in [-0.25, -0.2) is 0 Å². The van der Waals surface area contributed by atoms with E-state index in [4.69, 9.17) is 23.2 Å². The average molecular weight is 378 g/mol. The second-order valence-corrected chi connectivity index (χ2v) is 6.58. The minimum absolute atomic E-state index is 0.00135. The van der Waals surface area contributed by atoms with E-state index in [9.17, 15) is 9.59 Å². The summed E-state index contributed by atoms with van der Waals surface area (Å²) in [4.78, 5) is 24.5. The molecule has 3 rings (SSSR count). The summed E-state index contributed by atoms with van der Waals surface area (Å²) in [5.74, 6) is -0.466. The van der Waals surface area contributed by atoms with Gasteiger partial charge in [-0.1, -0.05) is 41.4 Å². The molecule has 1 fully saturated rings. The molecule has 2 aromatic carbocycles. The Labute approximate surface area is 155 Å². The third-order valence-electron chi connectivity index (χ3n) is 3.75. The number of para-hydroxylation sites is 1. The number of hydrogen-bond donors (Lipinski definition) is 3. The van der Waals surface area contributed by atoms with Crippen LogP contribution in [0.15, 0.2) is 42.5 Å². The van der Waals surface area contributed by atoms with E-state index in [0.29, 0.717) is 27.0 Å². The fraction of sp³-hybridized carbons (Fsp3) is 0.222. The molecule has 25 heavy (non-hydrogen) atoms. The van der Waals surface area contributed by atoms with Crippen molar-refractivity contribution in [3.05, 3.63) is 58.1 Å². The maximum Gasteiger partial charge on any atom is 0.253 e. The van der Waals surface area contributed by atoms with Gasteiger partial charge in [0, 0.05) is 6.04 Å². The van der Waals surface area contributed by atoms with E-state index >= 15 is 0 Å². The zero-order chi connectivity index (χ0) is 17.8. The van der Waals surface area contributed by atoms with Crippen molar-refractivity contribution in [2.45, 2.75) is 18.9 Å². The zero-order valence-corrected chi connectivity index (χ0v) is 14.8. The molecule has 1 saturated carbocycles. The highest BCUT2D eigenvalue weighted by atomic mass is 35.5. The number of carbonyl (C=O) groups excluding carboxylic acids is 2. The van der Waals surface area contributed by atoms with Gasteiger partial charge in [0.15, 0.2) is 0 Å². The first-order chi connectivity index (χ1) is 12.0. The molecule has 2 amide bonds. The molecule has 130 valence electrons. The summed E-state index contributed by atoms with van der Waals surface area (Å²) < 4.78 is 0. The number of carbonyl (C=O) groups is 2. The maximum absolute atomic E-state index is 12.2. The molecular formula is C18H17Cl2N3O2. The number of benzene rings is 2. The topological polar surface area (TPSA) is 70.2 Å². The Hall–Kier alpha value is -2.24. The molecule has 0 unspecified atom stereocenters. The first-order valence-electron chi connectivity index (χ1n) is 7.92. The average Bonchev–Trinajstić information content (AvgIpc) is 3.40. The van der Waals surface area contributed by atoms with Gasteiger partial charge in [-0.15, -0.1) is 0 Å². The molecule has 1 aliphatic rings. The summed E-state index contributed by atoms with van der Waals surface area (Å²) in [6, 6.07) is 12.3. The lowest BCUT2D eigenvalue weighted by Gasteiger charge is -2.12. The van der Waals surface area contributed by atoms with Crippen molar-refractivity contribution < 1.29 is 9.59 Å².